The summed E-state index contributed by atoms with van der Waals surface area (Å²) < 4.78 is 5.57. The zero-order valence-corrected chi connectivity index (χ0v) is 57.8. The highest BCUT2D eigenvalue weighted by Crippen LogP contribution is 2.26. The Bertz CT molecular complexity index is 2720. The molecule has 566 valence electrons. The third kappa shape index (κ3) is 45.3. The van der Waals surface area contributed by atoms with Crippen LogP contribution >= 0.6 is 0 Å². The SMILES string of the molecule is CC(C)C[C@H](N)C(=O)O.CC(C)C[C@H](NCCCC(=O)C(=O)O)C(=O)OC(CCCC(=O)C(=O)O)(CN(C)[C@@H](CC(C)C)C(=O)O)C(=O)O.CN[C@@H](CC(C)C)C(=O)O.C[C@H](NCCCC(=O)C(=O)O)C(=O)O.O=C(O)C(=O)CCCN1C(=O)CC[C@H]1C(=O)O.O=C1CC[C@@H](C(=O)O)N1. The molecular weight excluding hydrogens is 1320 g/mol. The first-order valence-electron chi connectivity index (χ1n) is 31.7. The maximum Gasteiger partial charge on any atom is 0.372 e. The molecule has 0 bridgehead atoms. The van der Waals surface area contributed by atoms with E-state index in [1.807, 2.05) is 27.7 Å². The Hall–Kier alpha value is -8.94. The van der Waals surface area contributed by atoms with Gasteiger partial charge in [0.15, 0.2) is 0 Å². The number of nitrogens with zero attached hydrogens (tertiary/aromatic N) is 2. The van der Waals surface area contributed by atoms with E-state index in [4.69, 9.17) is 56.4 Å². The Morgan fingerprint density at radius 3 is 1.30 bits per heavy atom. The molecule has 0 spiro atoms. The number of hydrogen-bond donors (Lipinski definition) is 16. The van der Waals surface area contributed by atoms with Crippen LogP contribution < -0.4 is 27.0 Å². The summed E-state index contributed by atoms with van der Waals surface area (Å²) in [6.07, 6.45) is 1.60. The van der Waals surface area contributed by atoms with E-state index in [0.717, 1.165) is 0 Å². The van der Waals surface area contributed by atoms with Crippen molar-refractivity contribution in [2.75, 3.05) is 40.3 Å². The quantitative estimate of drug-likeness (QED) is 0.0225. The first kappa shape index (κ1) is 96.4. The zero-order chi connectivity index (χ0) is 77.8. The summed E-state index contributed by atoms with van der Waals surface area (Å²) in [5.41, 5.74) is 2.90. The molecular formula is C62H103N7O30. The fourth-order valence-electron chi connectivity index (χ4n) is 8.85. The molecule has 2 rings (SSSR count). The Morgan fingerprint density at radius 2 is 0.980 bits per heavy atom. The van der Waals surface area contributed by atoms with Crippen LogP contribution in [0.15, 0.2) is 0 Å². The summed E-state index contributed by atoms with van der Waals surface area (Å²) in [7, 11) is 3.04. The molecule has 1 unspecified atom stereocenters. The van der Waals surface area contributed by atoms with Crippen LogP contribution in [0, 0.1) is 23.7 Å². The van der Waals surface area contributed by atoms with Crippen molar-refractivity contribution in [3.05, 3.63) is 0 Å². The van der Waals surface area contributed by atoms with Crippen LogP contribution in [0.1, 0.15) is 171 Å². The van der Waals surface area contributed by atoms with Crippen LogP contribution in [0.4, 0.5) is 0 Å². The highest BCUT2D eigenvalue weighted by Gasteiger charge is 2.47. The fourth-order valence-corrected chi connectivity index (χ4v) is 8.85. The van der Waals surface area contributed by atoms with Crippen LogP contribution in [0.2, 0.25) is 0 Å². The lowest BCUT2D eigenvalue weighted by Crippen LogP contribution is -2.56. The number of likely N-dealkylation sites (tertiary alicyclic amines) is 1. The number of rotatable bonds is 43. The molecule has 2 saturated heterocycles. The van der Waals surface area contributed by atoms with Gasteiger partial charge in [-0.2, -0.15) is 0 Å². The van der Waals surface area contributed by atoms with Crippen LogP contribution in [-0.2, 0) is 91.0 Å². The third-order valence-electron chi connectivity index (χ3n) is 14.1. The highest BCUT2D eigenvalue weighted by molar-refractivity contribution is 6.33. The third-order valence-corrected chi connectivity index (χ3v) is 14.1. The smallest absolute Gasteiger partial charge is 0.372 e. The highest BCUT2D eigenvalue weighted by atomic mass is 16.6. The van der Waals surface area contributed by atoms with E-state index >= 15 is 0 Å². The van der Waals surface area contributed by atoms with Gasteiger partial charge in [-0.15, -0.1) is 0 Å². The summed E-state index contributed by atoms with van der Waals surface area (Å²) in [5.74, 6) is -18.4. The number of ketones is 4. The van der Waals surface area contributed by atoms with Crippen molar-refractivity contribution < 1.29 is 147 Å². The summed E-state index contributed by atoms with van der Waals surface area (Å²) in [6, 6.07) is -5.41. The Balaban J connectivity index is -0.000000623. The van der Waals surface area contributed by atoms with Gasteiger partial charge in [0.2, 0.25) is 40.5 Å². The largest absolute Gasteiger partial charge is 0.480 e. The number of amides is 2. The van der Waals surface area contributed by atoms with Gasteiger partial charge in [0.05, 0.1) is 0 Å². The number of carbonyl (C=O) groups is 18. The molecule has 0 radical (unpaired) electrons. The number of ether oxygens (including phenoxy) is 1. The standard InChI is InChI=1S/C26H42N2O12.C10H13NO6.C8H13NO5.C7H15NO2.C6H13NO2.C5H7NO3/c1-15(2)12-17(27-11-7-9-20(30)23(35)36)24(37)40-26(25(38)39,10-6-8-19(29)22(33)34)14-28(5)18(21(31)32)13-16(3)4;12-7(10(16)17)2-1-5-11-6(9(14)15)3-4-8(11)13;1-5(7(11)12)9-4-2-3-6(10)8(13)14;1-5(2)4-6(8-3)7(9)10;1-4(2)3-5(7)6(8)9;7-4-2-1-3(6-4)5(8)9/h15-18,27H,6-14H2,1-5H3,(H,31,32)(H,33,34)(H,35,36)(H,38,39);6H,1-5H2,(H,14,15)(H,16,17);5,9H,2-4H2,1H3,(H,11,12)(H,13,14);5-6,8H,4H2,1-3H3,(H,9,10);4-5H,3,7H2,1-2H3,(H,8,9);3H,1-2H2,(H,6,7)(H,8,9)/t17-,18-,26?;6-;5-;6-;5-;3-/m000000/s1. The predicted octanol–water partition coefficient (Wildman–Crippen LogP) is 0.524. The summed E-state index contributed by atoms with van der Waals surface area (Å²) in [5, 5.41) is 107. The minimum Gasteiger partial charge on any atom is -0.480 e. The number of carboxylic acids is 11. The average molecular weight is 1430 g/mol. The first-order chi connectivity index (χ1) is 45.6. The molecule has 0 saturated carbocycles. The molecule has 2 heterocycles. The van der Waals surface area contributed by atoms with Gasteiger partial charge in [0.1, 0.15) is 42.3 Å². The van der Waals surface area contributed by atoms with E-state index in [-0.39, 0.29) is 107 Å². The lowest BCUT2D eigenvalue weighted by atomic mass is 9.92. The molecule has 0 aromatic carbocycles. The molecule has 0 aliphatic carbocycles. The van der Waals surface area contributed by atoms with Crippen molar-refractivity contribution in [2.24, 2.45) is 29.4 Å². The second-order valence-corrected chi connectivity index (χ2v) is 24.7. The summed E-state index contributed by atoms with van der Waals surface area (Å²) in [4.78, 5) is 200. The number of likely N-dealkylation sites (N-methyl/N-ethyl adjacent to an activating group) is 2. The Kier molecular flexibility index (Phi) is 49.9. The van der Waals surface area contributed by atoms with Gasteiger partial charge in [0.25, 0.3) is 0 Å². The van der Waals surface area contributed by atoms with E-state index in [0.29, 0.717) is 50.5 Å². The maximum atomic E-state index is 13.3. The molecule has 0 aromatic rings. The fraction of sp³-hybridized carbons (Fsp3) is 0.710. The number of esters is 1. The molecule has 0 aromatic heterocycles. The second-order valence-electron chi connectivity index (χ2n) is 24.7. The minimum absolute atomic E-state index is 0.0497. The number of nitrogens with two attached hydrogens (primary N) is 1. The number of nitrogens with one attached hydrogen (secondary N) is 4. The van der Waals surface area contributed by atoms with E-state index < -0.39 is 156 Å². The summed E-state index contributed by atoms with van der Waals surface area (Å²) >= 11 is 0. The van der Waals surface area contributed by atoms with E-state index in [1.165, 1.54) is 23.8 Å². The molecule has 99 heavy (non-hydrogen) atoms. The number of hydrogen-bond acceptors (Lipinski definition) is 24. The topological polar surface area (TPSA) is 620 Å². The minimum atomic E-state index is -2.31. The van der Waals surface area contributed by atoms with Crippen LogP contribution in [-0.4, -0.2) is 261 Å². The number of Topliss-reactive ketones (excluding diaryl/α,β-unsaturated/α-hetero) is 4. The molecule has 37 nitrogen and oxygen atoms in total. The van der Waals surface area contributed by atoms with Crippen LogP contribution in [0.25, 0.3) is 0 Å². The van der Waals surface area contributed by atoms with Gasteiger partial charge in [-0.25, -0.2) is 33.6 Å². The molecule has 2 aliphatic heterocycles. The number of aliphatic carboxylic acids is 11. The van der Waals surface area contributed by atoms with Gasteiger partial charge in [-0.1, -0.05) is 55.4 Å². The maximum absolute atomic E-state index is 13.3. The van der Waals surface area contributed by atoms with Crippen LogP contribution in [0.3, 0.4) is 0 Å². The molecule has 2 aliphatic rings. The second kappa shape index (κ2) is 51.3. The van der Waals surface area contributed by atoms with Gasteiger partial charge >= 0.3 is 71.6 Å². The van der Waals surface area contributed by atoms with Crippen molar-refractivity contribution in [1.29, 1.82) is 0 Å². The Labute approximate surface area is 572 Å². The molecule has 2 amide bonds. The molecule has 8 atom stereocenters. The van der Waals surface area contributed by atoms with Crippen molar-refractivity contribution in [2.45, 2.75) is 219 Å². The Morgan fingerprint density at radius 1 is 0.545 bits per heavy atom. The molecule has 37 heteroatoms. The van der Waals surface area contributed by atoms with E-state index in [1.54, 1.807) is 34.7 Å². The van der Waals surface area contributed by atoms with Gasteiger partial charge in [-0.3, -0.25) is 57.6 Å². The first-order valence-corrected chi connectivity index (χ1v) is 31.7. The summed E-state index contributed by atoms with van der Waals surface area (Å²) in [6.45, 7) is 16.5. The van der Waals surface area contributed by atoms with Crippen molar-refractivity contribution in [1.82, 2.24) is 31.1 Å². The van der Waals surface area contributed by atoms with Crippen LogP contribution in [0.5, 0.6) is 0 Å². The zero-order valence-electron chi connectivity index (χ0n) is 57.8. The number of carbonyl (C=O) groups excluding carboxylic acids is 7. The average Bonchev–Trinajstić information content (AvgIpc) is 1.40. The van der Waals surface area contributed by atoms with Crippen molar-refractivity contribution >= 4 is 107 Å². The van der Waals surface area contributed by atoms with Gasteiger partial charge < -0.3 is 92.8 Å². The van der Waals surface area contributed by atoms with Gasteiger partial charge in [-0.05, 0) is 128 Å². The van der Waals surface area contributed by atoms with E-state index in [9.17, 15) is 96.5 Å². The molecule has 17 N–H and O–H groups in total. The normalized spacial score (nSPS) is 15.8. The predicted molar refractivity (Wildman–Crippen MR) is 345 cm³/mol. The monoisotopic (exact) mass is 1430 g/mol. The van der Waals surface area contributed by atoms with Crippen molar-refractivity contribution in [3.8, 4) is 0 Å². The number of carboxylic acid groups (broad SMARTS) is 11. The lowest BCUT2D eigenvalue weighted by Gasteiger charge is -2.37. The van der Waals surface area contributed by atoms with Crippen molar-refractivity contribution in [3.63, 3.8) is 0 Å². The van der Waals surface area contributed by atoms with Gasteiger partial charge in [0, 0.05) is 51.6 Å². The van der Waals surface area contributed by atoms with E-state index in [2.05, 4.69) is 21.3 Å². The molecule has 2 fully saturated rings. The lowest BCUT2D eigenvalue weighted by molar-refractivity contribution is -0.185.